The summed E-state index contributed by atoms with van der Waals surface area (Å²) in [5.41, 5.74) is 6.04. The molecule has 0 spiro atoms. The number of nitrogens with two attached hydrogens (primary N) is 1. The van der Waals surface area contributed by atoms with E-state index in [2.05, 4.69) is 22.9 Å². The lowest BCUT2D eigenvalue weighted by Gasteiger charge is -2.07. The van der Waals surface area contributed by atoms with Gasteiger partial charge in [0.25, 0.3) is 0 Å². The van der Waals surface area contributed by atoms with Crippen LogP contribution in [0.3, 0.4) is 0 Å². The largest absolute Gasteiger partial charge is 0.454 e. The van der Waals surface area contributed by atoms with E-state index < -0.39 is 0 Å². The molecular formula is C10H14BrNO. The van der Waals surface area contributed by atoms with Gasteiger partial charge >= 0.3 is 0 Å². The summed E-state index contributed by atoms with van der Waals surface area (Å²) in [6.45, 7) is 2.25. The molecule has 0 amide bonds. The third-order valence-electron chi connectivity index (χ3n) is 2.79. The Balaban J connectivity index is 1.91. The highest BCUT2D eigenvalue weighted by molar-refractivity contribution is 9.10. The van der Waals surface area contributed by atoms with Crippen molar-refractivity contribution in [3.05, 3.63) is 22.6 Å². The molecule has 1 fully saturated rings. The van der Waals surface area contributed by atoms with E-state index in [1.165, 1.54) is 6.42 Å². The third kappa shape index (κ3) is 2.15. The Hall–Kier alpha value is -0.280. The fraction of sp³-hybridized carbons (Fsp3) is 0.600. The maximum Gasteiger partial charge on any atom is 0.169 e. The summed E-state index contributed by atoms with van der Waals surface area (Å²) in [4.78, 5) is 0. The molecule has 2 N–H and O–H groups in total. The molecule has 1 aromatic heterocycles. The van der Waals surface area contributed by atoms with Crippen LogP contribution in [0.5, 0.6) is 0 Å². The molecule has 1 aliphatic rings. The molecule has 2 rings (SSSR count). The van der Waals surface area contributed by atoms with Crippen LogP contribution in [0.2, 0.25) is 0 Å². The van der Waals surface area contributed by atoms with Crippen LogP contribution in [0, 0.1) is 11.8 Å². The molecule has 1 aromatic rings. The van der Waals surface area contributed by atoms with Gasteiger partial charge in [0.05, 0.1) is 0 Å². The van der Waals surface area contributed by atoms with Crippen molar-refractivity contribution in [2.24, 2.45) is 17.6 Å². The second kappa shape index (κ2) is 3.46. The Morgan fingerprint density at radius 3 is 2.85 bits per heavy atom. The molecular weight excluding hydrogens is 230 g/mol. The molecule has 1 heterocycles. The van der Waals surface area contributed by atoms with Crippen LogP contribution in [0.4, 0.5) is 0 Å². The molecule has 0 aliphatic heterocycles. The normalized spacial score (nSPS) is 28.8. The third-order valence-corrected chi connectivity index (χ3v) is 3.21. The number of halogens is 1. The Labute approximate surface area is 86.6 Å². The van der Waals surface area contributed by atoms with E-state index >= 15 is 0 Å². The van der Waals surface area contributed by atoms with Crippen molar-refractivity contribution in [3.63, 3.8) is 0 Å². The molecule has 0 aromatic carbocycles. The van der Waals surface area contributed by atoms with Gasteiger partial charge in [-0.3, -0.25) is 0 Å². The first-order chi connectivity index (χ1) is 6.16. The topological polar surface area (TPSA) is 39.2 Å². The van der Waals surface area contributed by atoms with Crippen LogP contribution in [-0.2, 0) is 6.42 Å². The first-order valence-corrected chi connectivity index (χ1v) is 5.46. The zero-order chi connectivity index (χ0) is 9.42. The van der Waals surface area contributed by atoms with Gasteiger partial charge in [-0.2, -0.15) is 0 Å². The minimum atomic E-state index is 0.271. The highest BCUT2D eigenvalue weighted by Gasteiger charge is 2.37. The summed E-state index contributed by atoms with van der Waals surface area (Å²) in [5.74, 6) is 2.51. The van der Waals surface area contributed by atoms with Gasteiger partial charge in [-0.25, -0.2) is 0 Å². The fourth-order valence-electron chi connectivity index (χ4n) is 1.79. The molecule has 3 unspecified atom stereocenters. The van der Waals surface area contributed by atoms with Crippen molar-refractivity contribution in [2.45, 2.75) is 25.8 Å². The van der Waals surface area contributed by atoms with Gasteiger partial charge in [-0.15, -0.1) is 0 Å². The van der Waals surface area contributed by atoms with Crippen molar-refractivity contribution in [1.29, 1.82) is 0 Å². The van der Waals surface area contributed by atoms with Crippen LogP contribution in [-0.4, -0.2) is 6.04 Å². The van der Waals surface area contributed by atoms with E-state index in [1.54, 1.807) is 0 Å². The van der Waals surface area contributed by atoms with E-state index in [0.717, 1.165) is 22.8 Å². The van der Waals surface area contributed by atoms with Gasteiger partial charge in [0, 0.05) is 12.5 Å². The summed E-state index contributed by atoms with van der Waals surface area (Å²) in [5, 5.41) is 0. The summed E-state index contributed by atoms with van der Waals surface area (Å²) in [7, 11) is 0. The van der Waals surface area contributed by atoms with Crippen LogP contribution in [0.25, 0.3) is 0 Å². The molecule has 3 heteroatoms. The lowest BCUT2D eigenvalue weighted by Crippen LogP contribution is -2.25. The Kier molecular flexibility index (Phi) is 2.47. The summed E-state index contributed by atoms with van der Waals surface area (Å²) >= 11 is 3.28. The van der Waals surface area contributed by atoms with Gasteiger partial charge < -0.3 is 10.2 Å². The van der Waals surface area contributed by atoms with Crippen LogP contribution in [0.15, 0.2) is 21.2 Å². The molecule has 1 saturated carbocycles. The SMILES string of the molecule is CC1CC1C(N)Cc1ccc(Br)o1. The van der Waals surface area contributed by atoms with Crippen LogP contribution < -0.4 is 5.73 Å². The highest BCUT2D eigenvalue weighted by Crippen LogP contribution is 2.40. The van der Waals surface area contributed by atoms with Gasteiger partial charge in [-0.05, 0) is 46.3 Å². The molecule has 0 saturated heterocycles. The Bertz CT molecular complexity index is 297. The van der Waals surface area contributed by atoms with Crippen molar-refractivity contribution in [1.82, 2.24) is 0 Å². The van der Waals surface area contributed by atoms with Crippen molar-refractivity contribution >= 4 is 15.9 Å². The zero-order valence-electron chi connectivity index (χ0n) is 7.66. The minimum absolute atomic E-state index is 0.271. The van der Waals surface area contributed by atoms with Crippen molar-refractivity contribution in [2.75, 3.05) is 0 Å². The standard InChI is InChI=1S/C10H14BrNO/c1-6-4-8(6)9(12)5-7-2-3-10(11)13-7/h2-3,6,8-9H,4-5,12H2,1H3. The van der Waals surface area contributed by atoms with Crippen LogP contribution >= 0.6 is 15.9 Å². The average Bonchev–Trinajstić information content (AvgIpc) is 2.66. The number of hydrogen-bond donors (Lipinski definition) is 1. The molecule has 0 radical (unpaired) electrons. The predicted octanol–water partition coefficient (Wildman–Crippen LogP) is 2.57. The first-order valence-electron chi connectivity index (χ1n) is 4.66. The number of rotatable bonds is 3. The molecule has 0 bridgehead atoms. The summed E-state index contributed by atoms with van der Waals surface area (Å²) < 4.78 is 6.19. The Morgan fingerprint density at radius 1 is 1.69 bits per heavy atom. The monoisotopic (exact) mass is 243 g/mol. The van der Waals surface area contributed by atoms with Gasteiger partial charge in [-0.1, -0.05) is 6.92 Å². The van der Waals surface area contributed by atoms with E-state index in [9.17, 15) is 0 Å². The van der Waals surface area contributed by atoms with Gasteiger partial charge in [0.2, 0.25) is 0 Å². The summed E-state index contributed by atoms with van der Waals surface area (Å²) in [6, 6.07) is 4.17. The second-order valence-electron chi connectivity index (χ2n) is 3.95. The zero-order valence-corrected chi connectivity index (χ0v) is 9.25. The molecule has 2 nitrogen and oxygen atoms in total. The van der Waals surface area contributed by atoms with E-state index in [0.29, 0.717) is 5.92 Å². The highest BCUT2D eigenvalue weighted by atomic mass is 79.9. The van der Waals surface area contributed by atoms with Gasteiger partial charge in [0.1, 0.15) is 5.76 Å². The van der Waals surface area contributed by atoms with E-state index in [-0.39, 0.29) is 6.04 Å². The first kappa shape index (κ1) is 9.28. The van der Waals surface area contributed by atoms with E-state index in [4.69, 9.17) is 10.2 Å². The maximum atomic E-state index is 6.04. The van der Waals surface area contributed by atoms with Crippen molar-refractivity contribution in [3.8, 4) is 0 Å². The summed E-state index contributed by atoms with van der Waals surface area (Å²) in [6.07, 6.45) is 2.14. The molecule has 1 aliphatic carbocycles. The van der Waals surface area contributed by atoms with Crippen molar-refractivity contribution < 1.29 is 4.42 Å². The van der Waals surface area contributed by atoms with Gasteiger partial charge in [0.15, 0.2) is 4.67 Å². The number of furan rings is 1. The second-order valence-corrected chi connectivity index (χ2v) is 4.73. The molecule has 3 atom stereocenters. The predicted molar refractivity (Wildman–Crippen MR) is 55.4 cm³/mol. The number of hydrogen-bond acceptors (Lipinski definition) is 2. The average molecular weight is 244 g/mol. The lowest BCUT2D eigenvalue weighted by atomic mass is 10.1. The fourth-order valence-corrected chi connectivity index (χ4v) is 2.13. The maximum absolute atomic E-state index is 6.04. The smallest absolute Gasteiger partial charge is 0.169 e. The Morgan fingerprint density at radius 2 is 2.38 bits per heavy atom. The molecule has 13 heavy (non-hydrogen) atoms. The quantitative estimate of drug-likeness (QED) is 0.887. The van der Waals surface area contributed by atoms with Crippen LogP contribution in [0.1, 0.15) is 19.1 Å². The van der Waals surface area contributed by atoms with E-state index in [1.807, 2.05) is 12.1 Å². The minimum Gasteiger partial charge on any atom is -0.454 e. The molecule has 72 valence electrons. The lowest BCUT2D eigenvalue weighted by molar-refractivity contribution is 0.446.